The van der Waals surface area contributed by atoms with E-state index in [4.69, 9.17) is 11.1 Å². The van der Waals surface area contributed by atoms with Gasteiger partial charge in [-0.3, -0.25) is 5.41 Å². The zero-order chi connectivity index (χ0) is 11.4. The second-order valence-corrected chi connectivity index (χ2v) is 4.83. The number of rotatable bonds is 4. The molecule has 0 spiro atoms. The summed E-state index contributed by atoms with van der Waals surface area (Å²) >= 11 is 1.61. The van der Waals surface area contributed by atoms with Crippen molar-refractivity contribution in [3.8, 4) is 0 Å². The first-order chi connectivity index (χ1) is 7.02. The van der Waals surface area contributed by atoms with Crippen LogP contribution in [0.5, 0.6) is 0 Å². The summed E-state index contributed by atoms with van der Waals surface area (Å²) in [5, 5.41) is 8.52. The van der Waals surface area contributed by atoms with Crippen molar-refractivity contribution in [1.29, 1.82) is 5.41 Å². The molecule has 3 N–H and O–H groups in total. The molecule has 82 valence electrons. The fraction of sp³-hybridized carbons (Fsp3) is 0.500. The Hall–Kier alpha value is -1.10. The summed E-state index contributed by atoms with van der Waals surface area (Å²) in [6.07, 6.45) is 1.07. The van der Waals surface area contributed by atoms with Gasteiger partial charge in [-0.25, -0.2) is 9.97 Å². The van der Waals surface area contributed by atoms with Crippen molar-refractivity contribution in [1.82, 2.24) is 9.97 Å². The molecule has 5 heteroatoms. The molecular formula is C10H16N4S. The maximum atomic E-state index is 7.33. The van der Waals surface area contributed by atoms with E-state index >= 15 is 0 Å². The predicted octanol–water partition coefficient (Wildman–Crippen LogP) is 1.96. The molecule has 0 fully saturated rings. The number of thioether (sulfide) groups is 1. The Bertz CT molecular complexity index is 364. The minimum atomic E-state index is -0.00787. The van der Waals surface area contributed by atoms with E-state index in [1.807, 2.05) is 6.92 Å². The molecule has 1 aromatic heterocycles. The predicted molar refractivity (Wildman–Crippen MR) is 63.4 cm³/mol. The van der Waals surface area contributed by atoms with Crippen molar-refractivity contribution in [3.05, 3.63) is 17.5 Å². The fourth-order valence-electron chi connectivity index (χ4n) is 0.995. The smallest absolute Gasteiger partial charge is 0.188 e. The molecule has 0 aliphatic heterocycles. The van der Waals surface area contributed by atoms with Crippen molar-refractivity contribution >= 4 is 17.6 Å². The van der Waals surface area contributed by atoms with Crippen molar-refractivity contribution in [2.24, 2.45) is 5.73 Å². The fourth-order valence-corrected chi connectivity index (χ4v) is 1.87. The molecule has 0 aromatic carbocycles. The largest absolute Gasteiger partial charge is 0.382 e. The molecule has 0 aliphatic rings. The first kappa shape index (κ1) is 12.0. The Morgan fingerprint density at radius 3 is 2.80 bits per heavy atom. The lowest BCUT2D eigenvalue weighted by Crippen LogP contribution is -2.14. The Morgan fingerprint density at radius 2 is 2.27 bits per heavy atom. The van der Waals surface area contributed by atoms with Crippen LogP contribution in [-0.2, 0) is 0 Å². The van der Waals surface area contributed by atoms with Crippen LogP contribution >= 0.6 is 11.8 Å². The van der Waals surface area contributed by atoms with Crippen LogP contribution in [0.2, 0.25) is 0 Å². The number of aromatic nitrogens is 2. The molecule has 0 saturated carbocycles. The Labute approximate surface area is 94.2 Å². The highest BCUT2D eigenvalue weighted by Gasteiger charge is 2.08. The van der Waals surface area contributed by atoms with Crippen LogP contribution in [0.25, 0.3) is 0 Å². The average Bonchev–Trinajstić information content (AvgIpc) is 2.16. The summed E-state index contributed by atoms with van der Waals surface area (Å²) in [5.74, 6) is -0.00787. The van der Waals surface area contributed by atoms with Gasteiger partial charge in [0.15, 0.2) is 5.16 Å². The molecule has 1 heterocycles. The van der Waals surface area contributed by atoms with Crippen LogP contribution in [0, 0.1) is 12.3 Å². The van der Waals surface area contributed by atoms with Crippen LogP contribution in [0.15, 0.2) is 11.2 Å². The van der Waals surface area contributed by atoms with Crippen LogP contribution in [0.1, 0.15) is 31.7 Å². The first-order valence-corrected chi connectivity index (χ1v) is 5.77. The summed E-state index contributed by atoms with van der Waals surface area (Å²) in [6, 6.07) is 1.73. The molecule has 1 atom stereocenters. The van der Waals surface area contributed by atoms with Gasteiger partial charge < -0.3 is 5.73 Å². The van der Waals surface area contributed by atoms with Gasteiger partial charge in [0.2, 0.25) is 0 Å². The van der Waals surface area contributed by atoms with E-state index in [1.54, 1.807) is 17.8 Å². The van der Waals surface area contributed by atoms with Crippen LogP contribution in [0.3, 0.4) is 0 Å². The molecule has 1 unspecified atom stereocenters. The van der Waals surface area contributed by atoms with Gasteiger partial charge in [0.05, 0.1) is 0 Å². The summed E-state index contributed by atoms with van der Waals surface area (Å²) in [5.41, 5.74) is 6.75. The highest BCUT2D eigenvalue weighted by Crippen LogP contribution is 2.21. The third-order valence-electron chi connectivity index (χ3n) is 1.99. The van der Waals surface area contributed by atoms with Gasteiger partial charge >= 0.3 is 0 Å². The molecule has 0 aliphatic carbocycles. The minimum Gasteiger partial charge on any atom is -0.382 e. The summed E-state index contributed by atoms with van der Waals surface area (Å²) in [6.45, 7) is 6.14. The lowest BCUT2D eigenvalue weighted by Gasteiger charge is -2.08. The lowest BCUT2D eigenvalue weighted by atomic mass is 10.3. The molecular weight excluding hydrogens is 208 g/mol. The summed E-state index contributed by atoms with van der Waals surface area (Å²) < 4.78 is 0. The topological polar surface area (TPSA) is 75.7 Å². The van der Waals surface area contributed by atoms with Gasteiger partial charge in [-0.2, -0.15) is 0 Å². The molecule has 0 saturated heterocycles. The van der Waals surface area contributed by atoms with E-state index in [1.165, 1.54) is 0 Å². The molecule has 0 amide bonds. The van der Waals surface area contributed by atoms with Crippen molar-refractivity contribution in [2.75, 3.05) is 0 Å². The Kier molecular flexibility index (Phi) is 4.08. The van der Waals surface area contributed by atoms with Crippen LogP contribution in [-0.4, -0.2) is 21.1 Å². The molecule has 1 rings (SSSR count). The Morgan fingerprint density at radius 1 is 1.60 bits per heavy atom. The third-order valence-corrected chi connectivity index (χ3v) is 3.12. The number of aryl methyl sites for hydroxylation is 1. The number of hydrogen-bond acceptors (Lipinski definition) is 4. The number of hydrogen-bond donors (Lipinski definition) is 2. The van der Waals surface area contributed by atoms with Gasteiger partial charge in [0, 0.05) is 10.9 Å². The van der Waals surface area contributed by atoms with E-state index in [0.717, 1.165) is 12.1 Å². The van der Waals surface area contributed by atoms with E-state index < -0.39 is 0 Å². The van der Waals surface area contributed by atoms with E-state index in [0.29, 0.717) is 16.1 Å². The average molecular weight is 224 g/mol. The summed E-state index contributed by atoms with van der Waals surface area (Å²) in [4.78, 5) is 8.53. The zero-order valence-corrected chi connectivity index (χ0v) is 10.1. The maximum absolute atomic E-state index is 7.33. The van der Waals surface area contributed by atoms with E-state index in [9.17, 15) is 0 Å². The van der Waals surface area contributed by atoms with Crippen molar-refractivity contribution in [2.45, 2.75) is 37.6 Å². The van der Waals surface area contributed by atoms with Gasteiger partial charge in [-0.1, -0.05) is 25.6 Å². The number of nitrogens with zero attached hydrogens (tertiary/aromatic N) is 2. The van der Waals surface area contributed by atoms with Crippen LogP contribution < -0.4 is 5.73 Å². The third kappa shape index (κ3) is 3.51. The molecule has 1 aromatic rings. The minimum absolute atomic E-state index is 0.00787. The number of nitrogen functional groups attached to an aromatic ring is 1. The van der Waals surface area contributed by atoms with Crippen molar-refractivity contribution in [3.63, 3.8) is 0 Å². The second-order valence-electron chi connectivity index (χ2n) is 3.43. The molecule has 15 heavy (non-hydrogen) atoms. The quantitative estimate of drug-likeness (QED) is 0.355. The van der Waals surface area contributed by atoms with Gasteiger partial charge in [-0.05, 0) is 19.4 Å². The van der Waals surface area contributed by atoms with Gasteiger partial charge in [0.1, 0.15) is 11.5 Å². The Balaban J connectivity index is 2.93. The van der Waals surface area contributed by atoms with Gasteiger partial charge in [0.25, 0.3) is 0 Å². The molecule has 0 radical (unpaired) electrons. The summed E-state index contributed by atoms with van der Waals surface area (Å²) in [7, 11) is 0. The van der Waals surface area contributed by atoms with E-state index in [2.05, 4.69) is 23.8 Å². The number of nitrogens with one attached hydrogen (secondary N) is 1. The number of nitrogens with two attached hydrogens (primary N) is 1. The highest BCUT2D eigenvalue weighted by molar-refractivity contribution is 7.99. The van der Waals surface area contributed by atoms with Crippen LogP contribution in [0.4, 0.5) is 0 Å². The molecule has 4 nitrogen and oxygen atoms in total. The SMILES string of the molecule is CCC(C)Sc1nc(C)cc(C(=N)N)n1. The van der Waals surface area contributed by atoms with E-state index in [-0.39, 0.29) is 5.84 Å². The lowest BCUT2D eigenvalue weighted by molar-refractivity contribution is 0.873. The zero-order valence-electron chi connectivity index (χ0n) is 9.24. The molecule has 0 bridgehead atoms. The second kappa shape index (κ2) is 5.11. The highest BCUT2D eigenvalue weighted by atomic mass is 32.2. The number of amidine groups is 1. The van der Waals surface area contributed by atoms with Gasteiger partial charge in [-0.15, -0.1) is 0 Å². The normalized spacial score (nSPS) is 12.5. The maximum Gasteiger partial charge on any atom is 0.188 e. The first-order valence-electron chi connectivity index (χ1n) is 4.89. The van der Waals surface area contributed by atoms with Crippen molar-refractivity contribution < 1.29 is 0 Å². The monoisotopic (exact) mass is 224 g/mol. The standard InChI is InChI=1S/C10H16N4S/c1-4-7(3)15-10-13-6(2)5-8(14-10)9(11)12/h5,7H,4H2,1-3H3,(H3,11,12).